The standard InChI is InChI=1S/C22H21ClN4O2S.ClH/c1-15-4-9-18(23)20-19(15)25-22(30-20)27(12-3-11-26-13-10-24-14-26)21(28)16-5-7-17(29-2)8-6-16;/h4-10,13-14H,3,11-12H2,1-2H3;1H. The first-order chi connectivity index (χ1) is 14.6. The van der Waals surface area contributed by atoms with Crippen LogP contribution in [0.1, 0.15) is 22.3 Å². The minimum absolute atomic E-state index is 0. The summed E-state index contributed by atoms with van der Waals surface area (Å²) < 4.78 is 8.10. The number of carbonyl (C=O) groups excluding carboxylic acids is 1. The summed E-state index contributed by atoms with van der Waals surface area (Å²) in [7, 11) is 1.60. The number of rotatable bonds is 7. The van der Waals surface area contributed by atoms with Crippen molar-refractivity contribution in [1.82, 2.24) is 14.5 Å². The Morgan fingerprint density at radius 3 is 2.65 bits per heavy atom. The average molecular weight is 477 g/mol. The number of anilines is 1. The SMILES string of the molecule is COc1ccc(C(=O)N(CCCn2ccnc2)c2nc3c(C)ccc(Cl)c3s2)cc1.Cl. The lowest BCUT2D eigenvalue weighted by atomic mass is 10.2. The molecule has 2 heterocycles. The van der Waals surface area contributed by atoms with Crippen LogP contribution in [0.4, 0.5) is 5.13 Å². The van der Waals surface area contributed by atoms with E-state index in [4.69, 9.17) is 21.3 Å². The smallest absolute Gasteiger partial charge is 0.260 e. The Morgan fingerprint density at radius 1 is 1.23 bits per heavy atom. The van der Waals surface area contributed by atoms with Crippen molar-refractivity contribution in [3.63, 3.8) is 0 Å². The minimum atomic E-state index is -0.101. The predicted octanol–water partition coefficient (Wildman–Crippen LogP) is 5.62. The number of hydrogen-bond donors (Lipinski definition) is 0. The molecule has 0 saturated heterocycles. The Balaban J connectivity index is 0.00000272. The lowest BCUT2D eigenvalue weighted by Crippen LogP contribution is -2.32. The van der Waals surface area contributed by atoms with Crippen molar-refractivity contribution in [2.24, 2.45) is 0 Å². The maximum atomic E-state index is 13.4. The van der Waals surface area contributed by atoms with Gasteiger partial charge in [0.1, 0.15) is 5.75 Å². The number of hydrogen-bond acceptors (Lipinski definition) is 5. The van der Waals surface area contributed by atoms with Gasteiger partial charge in [0.2, 0.25) is 0 Å². The van der Waals surface area contributed by atoms with E-state index in [-0.39, 0.29) is 18.3 Å². The van der Waals surface area contributed by atoms with E-state index in [0.29, 0.717) is 28.0 Å². The van der Waals surface area contributed by atoms with Gasteiger partial charge in [0.15, 0.2) is 5.13 Å². The lowest BCUT2D eigenvalue weighted by Gasteiger charge is -2.20. The molecule has 2 aromatic carbocycles. The van der Waals surface area contributed by atoms with Crippen LogP contribution in [0.15, 0.2) is 55.1 Å². The Morgan fingerprint density at radius 2 is 2.00 bits per heavy atom. The summed E-state index contributed by atoms with van der Waals surface area (Å²) in [5, 5.41) is 1.29. The largest absolute Gasteiger partial charge is 0.497 e. The van der Waals surface area contributed by atoms with E-state index in [1.807, 2.05) is 29.8 Å². The molecule has 0 radical (unpaired) electrons. The number of halogens is 2. The van der Waals surface area contributed by atoms with Crippen LogP contribution in [0.2, 0.25) is 5.02 Å². The van der Waals surface area contributed by atoms with E-state index in [2.05, 4.69) is 4.98 Å². The molecule has 9 heteroatoms. The highest BCUT2D eigenvalue weighted by atomic mass is 35.5. The maximum Gasteiger partial charge on any atom is 0.260 e. The summed E-state index contributed by atoms with van der Waals surface area (Å²) in [5.41, 5.74) is 2.46. The Labute approximate surface area is 195 Å². The summed E-state index contributed by atoms with van der Waals surface area (Å²) >= 11 is 7.83. The number of ether oxygens (including phenoxy) is 1. The second-order valence-electron chi connectivity index (χ2n) is 6.88. The number of carbonyl (C=O) groups is 1. The number of benzene rings is 2. The first-order valence-electron chi connectivity index (χ1n) is 9.54. The molecule has 4 aromatic rings. The van der Waals surface area contributed by atoms with Crippen molar-refractivity contribution < 1.29 is 9.53 Å². The molecule has 162 valence electrons. The van der Waals surface area contributed by atoms with Crippen molar-refractivity contribution in [2.45, 2.75) is 19.9 Å². The third-order valence-electron chi connectivity index (χ3n) is 4.86. The van der Waals surface area contributed by atoms with Crippen LogP contribution in [-0.2, 0) is 6.54 Å². The highest BCUT2D eigenvalue weighted by molar-refractivity contribution is 7.23. The Bertz CT molecular complexity index is 1120. The number of amides is 1. The third-order valence-corrected chi connectivity index (χ3v) is 6.39. The molecule has 0 atom stereocenters. The van der Waals surface area contributed by atoms with Crippen molar-refractivity contribution in [1.29, 1.82) is 0 Å². The lowest BCUT2D eigenvalue weighted by molar-refractivity contribution is 0.0986. The zero-order valence-electron chi connectivity index (χ0n) is 17.1. The van der Waals surface area contributed by atoms with Gasteiger partial charge in [-0.25, -0.2) is 9.97 Å². The molecule has 1 amide bonds. The van der Waals surface area contributed by atoms with E-state index in [0.717, 1.165) is 28.7 Å². The first kappa shape index (κ1) is 23.1. The van der Waals surface area contributed by atoms with Gasteiger partial charge in [-0.15, -0.1) is 12.4 Å². The van der Waals surface area contributed by atoms with Crippen molar-refractivity contribution in [3.05, 3.63) is 71.3 Å². The monoisotopic (exact) mass is 476 g/mol. The third kappa shape index (κ3) is 5.01. The number of thiazole rings is 1. The van der Waals surface area contributed by atoms with Crippen LogP contribution in [-0.4, -0.2) is 34.1 Å². The zero-order valence-corrected chi connectivity index (χ0v) is 19.5. The van der Waals surface area contributed by atoms with Crippen LogP contribution in [0, 0.1) is 6.92 Å². The van der Waals surface area contributed by atoms with E-state index >= 15 is 0 Å². The summed E-state index contributed by atoms with van der Waals surface area (Å²) in [6.07, 6.45) is 6.20. The first-order valence-corrected chi connectivity index (χ1v) is 10.7. The van der Waals surface area contributed by atoms with E-state index in [9.17, 15) is 4.79 Å². The van der Waals surface area contributed by atoms with Gasteiger partial charge in [0.05, 0.1) is 28.7 Å². The molecule has 6 nitrogen and oxygen atoms in total. The van der Waals surface area contributed by atoms with Crippen molar-refractivity contribution in [2.75, 3.05) is 18.6 Å². The number of imidazole rings is 1. The van der Waals surface area contributed by atoms with E-state index < -0.39 is 0 Å². The second-order valence-corrected chi connectivity index (χ2v) is 8.26. The molecule has 31 heavy (non-hydrogen) atoms. The van der Waals surface area contributed by atoms with Crippen LogP contribution in [0.5, 0.6) is 5.75 Å². The fourth-order valence-corrected chi connectivity index (χ4v) is 4.55. The molecular weight excluding hydrogens is 455 g/mol. The molecular formula is C22H22Cl2N4O2S. The van der Waals surface area contributed by atoms with Gasteiger partial charge < -0.3 is 9.30 Å². The quantitative estimate of drug-likeness (QED) is 0.347. The molecule has 0 fully saturated rings. The number of aryl methyl sites for hydroxylation is 2. The molecule has 2 aromatic heterocycles. The molecule has 0 aliphatic rings. The van der Waals surface area contributed by atoms with Crippen LogP contribution < -0.4 is 9.64 Å². The molecule has 0 spiro atoms. The fraction of sp³-hybridized carbons (Fsp3) is 0.227. The maximum absolute atomic E-state index is 13.4. The Hall–Kier alpha value is -2.61. The van der Waals surface area contributed by atoms with Crippen molar-refractivity contribution in [3.8, 4) is 5.75 Å². The van der Waals surface area contributed by atoms with E-state index in [1.54, 1.807) is 48.8 Å². The van der Waals surface area contributed by atoms with Crippen molar-refractivity contribution >= 4 is 56.6 Å². The highest BCUT2D eigenvalue weighted by Crippen LogP contribution is 2.36. The summed E-state index contributed by atoms with van der Waals surface area (Å²) in [5.74, 6) is 0.608. The van der Waals surface area contributed by atoms with Gasteiger partial charge >= 0.3 is 0 Å². The number of aromatic nitrogens is 3. The Kier molecular flexibility index (Phi) is 7.54. The topological polar surface area (TPSA) is 60.2 Å². The summed E-state index contributed by atoms with van der Waals surface area (Å²) in [6, 6.07) is 10.9. The van der Waals surface area contributed by atoms with Gasteiger partial charge in [-0.1, -0.05) is 29.0 Å². The molecule has 0 bridgehead atoms. The van der Waals surface area contributed by atoms with Crippen LogP contribution >= 0.6 is 35.3 Å². The molecule has 4 rings (SSSR count). The molecule has 0 N–H and O–H groups in total. The predicted molar refractivity (Wildman–Crippen MR) is 128 cm³/mol. The van der Waals surface area contributed by atoms with Crippen LogP contribution in [0.3, 0.4) is 0 Å². The fourth-order valence-electron chi connectivity index (χ4n) is 3.21. The van der Waals surface area contributed by atoms with Gasteiger partial charge in [-0.2, -0.15) is 0 Å². The minimum Gasteiger partial charge on any atom is -0.497 e. The number of nitrogens with zero attached hydrogens (tertiary/aromatic N) is 4. The van der Waals surface area contributed by atoms with Crippen LogP contribution in [0.25, 0.3) is 10.2 Å². The number of fused-ring (bicyclic) bond motifs is 1. The van der Waals surface area contributed by atoms with Gasteiger partial charge in [0.25, 0.3) is 5.91 Å². The number of methoxy groups -OCH3 is 1. The molecule has 0 saturated carbocycles. The normalized spacial score (nSPS) is 10.7. The van der Waals surface area contributed by atoms with E-state index in [1.165, 1.54) is 11.3 Å². The average Bonchev–Trinajstić information content (AvgIpc) is 3.44. The van der Waals surface area contributed by atoms with Gasteiger partial charge in [-0.3, -0.25) is 9.69 Å². The summed E-state index contributed by atoms with van der Waals surface area (Å²) in [4.78, 5) is 24.0. The van der Waals surface area contributed by atoms with Gasteiger partial charge in [0, 0.05) is 31.0 Å². The molecule has 0 aliphatic heterocycles. The zero-order chi connectivity index (χ0) is 21.1. The van der Waals surface area contributed by atoms with Gasteiger partial charge in [-0.05, 0) is 49.2 Å². The molecule has 0 aliphatic carbocycles. The highest BCUT2D eigenvalue weighted by Gasteiger charge is 2.22. The second kappa shape index (κ2) is 10.1. The summed E-state index contributed by atoms with van der Waals surface area (Å²) in [6.45, 7) is 3.29. The molecule has 0 unspecified atom stereocenters.